The zero-order valence-corrected chi connectivity index (χ0v) is 12.2. The average Bonchev–Trinajstić information content (AvgIpc) is 2.28. The third-order valence-corrected chi connectivity index (χ3v) is 4.64. The predicted octanol–water partition coefficient (Wildman–Crippen LogP) is 0.745. The Hall–Kier alpha value is -0.330. The van der Waals surface area contributed by atoms with Crippen molar-refractivity contribution in [2.45, 2.75) is 20.3 Å². The van der Waals surface area contributed by atoms with Crippen LogP contribution in [0.4, 0.5) is 0 Å². The highest BCUT2D eigenvalue weighted by Crippen LogP contribution is 2.02. The zero-order chi connectivity index (χ0) is 13.5. The van der Waals surface area contributed by atoms with Gasteiger partial charge >= 0.3 is 0 Å². The molecule has 0 aromatic rings. The Morgan fingerprint density at radius 3 is 2.18 bits per heavy atom. The molecule has 0 spiro atoms. The first-order valence-electron chi connectivity index (χ1n) is 5.66. The van der Waals surface area contributed by atoms with Crippen LogP contribution in [-0.2, 0) is 14.8 Å². The Morgan fingerprint density at radius 1 is 1.24 bits per heavy atom. The molecule has 0 N–H and O–H groups in total. The van der Waals surface area contributed by atoms with Gasteiger partial charge in [-0.15, -0.1) is 11.6 Å². The molecule has 0 saturated heterocycles. The van der Waals surface area contributed by atoms with E-state index in [9.17, 15) is 13.2 Å². The number of alkyl halides is 1. The van der Waals surface area contributed by atoms with Crippen LogP contribution in [0.3, 0.4) is 0 Å². The second kappa shape index (κ2) is 7.89. The second-order valence-corrected chi connectivity index (χ2v) is 6.25. The van der Waals surface area contributed by atoms with Crippen LogP contribution in [0.2, 0.25) is 0 Å². The van der Waals surface area contributed by atoms with Gasteiger partial charge in [0.15, 0.2) is 0 Å². The van der Waals surface area contributed by atoms with Gasteiger partial charge in [0.25, 0.3) is 0 Å². The van der Waals surface area contributed by atoms with Crippen molar-refractivity contribution < 1.29 is 13.2 Å². The first kappa shape index (κ1) is 16.7. The van der Waals surface area contributed by atoms with Crippen molar-refractivity contribution in [1.29, 1.82) is 0 Å². The molecular weight excluding hydrogens is 264 g/mol. The van der Waals surface area contributed by atoms with Crippen molar-refractivity contribution in [1.82, 2.24) is 9.21 Å². The molecular formula is C10H21ClN2O3S. The van der Waals surface area contributed by atoms with Crippen LogP contribution in [0, 0.1) is 0 Å². The number of carbonyl (C=O) groups excluding carboxylic acids is 1. The minimum Gasteiger partial charge on any atom is -0.342 e. The maximum atomic E-state index is 11.7. The van der Waals surface area contributed by atoms with Gasteiger partial charge in [0.1, 0.15) is 0 Å². The summed E-state index contributed by atoms with van der Waals surface area (Å²) in [5.74, 6) is 0.113. The van der Waals surface area contributed by atoms with Gasteiger partial charge in [0.05, 0.1) is 12.3 Å². The van der Waals surface area contributed by atoms with Crippen molar-refractivity contribution in [3.8, 4) is 0 Å². The monoisotopic (exact) mass is 284 g/mol. The Labute approximate surface area is 109 Å². The fraction of sp³-hybridized carbons (Fsp3) is 0.900. The summed E-state index contributed by atoms with van der Waals surface area (Å²) < 4.78 is 24.5. The van der Waals surface area contributed by atoms with Gasteiger partial charge in [-0.25, -0.2) is 8.42 Å². The van der Waals surface area contributed by atoms with Gasteiger partial charge in [-0.2, -0.15) is 4.31 Å². The zero-order valence-electron chi connectivity index (χ0n) is 10.6. The van der Waals surface area contributed by atoms with Crippen LogP contribution in [0.1, 0.15) is 20.3 Å². The first-order valence-corrected chi connectivity index (χ1v) is 7.81. The Morgan fingerprint density at radius 2 is 1.76 bits per heavy atom. The molecule has 5 nitrogen and oxygen atoms in total. The normalized spacial score (nSPS) is 11.8. The number of sulfonamides is 1. The topological polar surface area (TPSA) is 57.7 Å². The molecule has 0 saturated carbocycles. The van der Waals surface area contributed by atoms with E-state index in [0.717, 1.165) is 4.31 Å². The van der Waals surface area contributed by atoms with E-state index < -0.39 is 10.0 Å². The van der Waals surface area contributed by atoms with Crippen molar-refractivity contribution in [2.75, 3.05) is 38.3 Å². The summed E-state index contributed by atoms with van der Waals surface area (Å²) in [5.41, 5.74) is 0. The summed E-state index contributed by atoms with van der Waals surface area (Å²) in [7, 11) is -1.94. The fourth-order valence-corrected chi connectivity index (χ4v) is 2.78. The fourth-order valence-electron chi connectivity index (χ4n) is 1.36. The number of hydrogen-bond donors (Lipinski definition) is 0. The summed E-state index contributed by atoms with van der Waals surface area (Å²) in [6, 6.07) is 0. The van der Waals surface area contributed by atoms with Crippen LogP contribution in [0.25, 0.3) is 0 Å². The number of hydrogen-bond acceptors (Lipinski definition) is 3. The molecule has 0 aliphatic heterocycles. The lowest BCUT2D eigenvalue weighted by molar-refractivity contribution is -0.130. The van der Waals surface area contributed by atoms with Gasteiger partial charge in [0.2, 0.25) is 15.9 Å². The van der Waals surface area contributed by atoms with Gasteiger partial charge < -0.3 is 4.90 Å². The number of likely N-dealkylation sites (N-methyl/N-ethyl adjacent to an activating group) is 2. The standard InChI is InChI=1S/C10H21ClN2O3S/c1-4-13(5-2)10(14)9-12(3)17(15,16)8-6-7-11/h4-9H2,1-3H3. The quantitative estimate of drug-likeness (QED) is 0.618. The predicted molar refractivity (Wildman–Crippen MR) is 69.7 cm³/mol. The summed E-state index contributed by atoms with van der Waals surface area (Å²) in [5, 5.41) is 0. The van der Waals surface area contributed by atoms with E-state index >= 15 is 0 Å². The van der Waals surface area contributed by atoms with Crippen LogP contribution < -0.4 is 0 Å². The van der Waals surface area contributed by atoms with Gasteiger partial charge in [0, 0.05) is 26.0 Å². The number of halogens is 1. The lowest BCUT2D eigenvalue weighted by Crippen LogP contribution is -2.41. The average molecular weight is 285 g/mol. The molecule has 0 radical (unpaired) electrons. The summed E-state index contributed by atoms with van der Waals surface area (Å²) in [6.07, 6.45) is 0.397. The van der Waals surface area contributed by atoms with E-state index in [2.05, 4.69) is 0 Å². The minimum atomic E-state index is -3.37. The molecule has 102 valence electrons. The largest absolute Gasteiger partial charge is 0.342 e. The summed E-state index contributed by atoms with van der Waals surface area (Å²) in [6.45, 7) is 4.80. The Bertz CT molecular complexity index is 328. The van der Waals surface area contributed by atoms with E-state index in [-0.39, 0.29) is 18.2 Å². The molecule has 0 aliphatic carbocycles. The summed E-state index contributed by atoms with van der Waals surface area (Å²) in [4.78, 5) is 13.3. The number of amides is 1. The van der Waals surface area contributed by atoms with Gasteiger partial charge in [-0.05, 0) is 20.3 Å². The molecule has 0 aromatic heterocycles. The highest BCUT2D eigenvalue weighted by atomic mass is 35.5. The molecule has 17 heavy (non-hydrogen) atoms. The molecule has 0 rings (SSSR count). The van der Waals surface area contributed by atoms with Crippen molar-refractivity contribution in [3.63, 3.8) is 0 Å². The molecule has 0 heterocycles. The highest BCUT2D eigenvalue weighted by Gasteiger charge is 2.21. The summed E-state index contributed by atoms with van der Waals surface area (Å²) >= 11 is 5.46. The number of rotatable bonds is 8. The molecule has 1 amide bonds. The third-order valence-electron chi connectivity index (χ3n) is 2.48. The van der Waals surface area contributed by atoms with Crippen molar-refractivity contribution >= 4 is 27.5 Å². The maximum absolute atomic E-state index is 11.7. The van der Waals surface area contributed by atoms with Crippen LogP contribution >= 0.6 is 11.6 Å². The Kier molecular flexibility index (Phi) is 7.74. The SMILES string of the molecule is CCN(CC)C(=O)CN(C)S(=O)(=O)CCCCl. The number of carbonyl (C=O) groups is 1. The van der Waals surface area contributed by atoms with Gasteiger partial charge in [-0.3, -0.25) is 4.79 Å². The maximum Gasteiger partial charge on any atom is 0.237 e. The number of nitrogens with zero attached hydrogens (tertiary/aromatic N) is 2. The van der Waals surface area contributed by atoms with Gasteiger partial charge in [-0.1, -0.05) is 0 Å². The molecule has 7 heteroatoms. The lowest BCUT2D eigenvalue weighted by atomic mass is 10.4. The smallest absolute Gasteiger partial charge is 0.237 e. The minimum absolute atomic E-state index is 0.0153. The van der Waals surface area contributed by atoms with Crippen molar-refractivity contribution in [3.05, 3.63) is 0 Å². The van der Waals surface area contributed by atoms with E-state index in [1.54, 1.807) is 4.90 Å². The molecule has 0 aliphatic rings. The third kappa shape index (κ3) is 5.70. The molecule has 0 bridgehead atoms. The molecule has 0 fully saturated rings. The Balaban J connectivity index is 4.43. The van der Waals surface area contributed by atoms with Crippen molar-refractivity contribution in [2.24, 2.45) is 0 Å². The van der Waals surface area contributed by atoms with E-state index in [0.29, 0.717) is 25.4 Å². The molecule has 0 aromatic carbocycles. The van der Waals surface area contributed by atoms with Crippen LogP contribution in [-0.4, -0.2) is 61.8 Å². The highest BCUT2D eigenvalue weighted by molar-refractivity contribution is 7.89. The molecule has 0 unspecified atom stereocenters. The first-order chi connectivity index (χ1) is 7.88. The van der Waals surface area contributed by atoms with E-state index in [1.807, 2.05) is 13.8 Å². The molecule has 0 atom stereocenters. The van der Waals surface area contributed by atoms with E-state index in [4.69, 9.17) is 11.6 Å². The lowest BCUT2D eigenvalue weighted by Gasteiger charge is -2.22. The van der Waals surface area contributed by atoms with E-state index in [1.165, 1.54) is 7.05 Å². The van der Waals surface area contributed by atoms with Crippen LogP contribution in [0.15, 0.2) is 0 Å². The second-order valence-electron chi connectivity index (χ2n) is 3.68. The van der Waals surface area contributed by atoms with Crippen LogP contribution in [0.5, 0.6) is 0 Å².